The molecule has 3 rings (SSSR count). The number of hydrogen-bond donors (Lipinski definition) is 1. The Bertz CT molecular complexity index is 666. The number of nitrogens with one attached hydrogen (secondary N) is 1. The molecule has 1 aliphatic rings. The number of hydrogen-bond acceptors (Lipinski definition) is 3. The third kappa shape index (κ3) is 2.82. The molecule has 0 saturated carbocycles. The second kappa shape index (κ2) is 5.92. The molecular formula is C15H12Cl2FN3. The minimum Gasteiger partial charge on any atom is -0.354 e. The van der Waals surface area contributed by atoms with Gasteiger partial charge in [0.15, 0.2) is 0 Å². The smallest absolute Gasteiger partial charge is 0.203 e. The number of rotatable bonds is 2. The van der Waals surface area contributed by atoms with Crippen LogP contribution in [-0.2, 0) is 0 Å². The predicted octanol–water partition coefficient (Wildman–Crippen LogP) is 4.23. The normalized spacial score (nSPS) is 13.8. The van der Waals surface area contributed by atoms with Crippen LogP contribution in [0.15, 0.2) is 47.5 Å². The summed E-state index contributed by atoms with van der Waals surface area (Å²) in [6.07, 6.45) is 0. The third-order valence-electron chi connectivity index (χ3n) is 3.11. The van der Waals surface area contributed by atoms with Gasteiger partial charge in [0.05, 0.1) is 22.3 Å². The average molecular weight is 324 g/mol. The molecule has 0 atom stereocenters. The van der Waals surface area contributed by atoms with E-state index in [1.807, 2.05) is 0 Å². The minimum absolute atomic E-state index is 0.301. The Hall–Kier alpha value is -1.78. The summed E-state index contributed by atoms with van der Waals surface area (Å²) in [4.78, 5) is 6.22. The monoisotopic (exact) mass is 323 g/mol. The summed E-state index contributed by atoms with van der Waals surface area (Å²) < 4.78 is 13.2. The fraction of sp³-hybridized carbons (Fsp3) is 0.133. The topological polar surface area (TPSA) is 27.6 Å². The largest absolute Gasteiger partial charge is 0.354 e. The van der Waals surface area contributed by atoms with E-state index in [1.54, 1.807) is 35.2 Å². The summed E-state index contributed by atoms with van der Waals surface area (Å²) in [5, 5.41) is 4.19. The standard InChI is InChI=1S/C15H12Cl2FN3/c16-12-2-1-3-13(17)14(12)21(15-19-8-9-20-15)11-6-4-10(18)5-7-11/h1-7H,8-9H2,(H,19,20). The van der Waals surface area contributed by atoms with E-state index in [4.69, 9.17) is 23.2 Å². The van der Waals surface area contributed by atoms with E-state index in [2.05, 4.69) is 10.3 Å². The third-order valence-corrected chi connectivity index (χ3v) is 3.72. The first kappa shape index (κ1) is 14.2. The van der Waals surface area contributed by atoms with E-state index >= 15 is 0 Å². The summed E-state index contributed by atoms with van der Waals surface area (Å²) in [7, 11) is 0. The summed E-state index contributed by atoms with van der Waals surface area (Å²) in [5.41, 5.74) is 1.36. The molecule has 0 unspecified atom stereocenters. The maximum absolute atomic E-state index is 13.2. The molecule has 1 aliphatic heterocycles. The number of guanidine groups is 1. The quantitative estimate of drug-likeness (QED) is 0.895. The van der Waals surface area contributed by atoms with Crippen molar-refractivity contribution in [2.75, 3.05) is 18.0 Å². The van der Waals surface area contributed by atoms with Crippen molar-refractivity contribution in [3.63, 3.8) is 0 Å². The number of nitrogens with zero attached hydrogens (tertiary/aromatic N) is 2. The minimum atomic E-state index is -0.301. The average Bonchev–Trinajstić information content (AvgIpc) is 2.98. The summed E-state index contributed by atoms with van der Waals surface area (Å²) in [5.74, 6) is 0.349. The lowest BCUT2D eigenvalue weighted by Crippen LogP contribution is -2.35. The Balaban J connectivity index is 2.15. The molecule has 0 aliphatic carbocycles. The molecule has 0 fully saturated rings. The molecule has 0 aromatic heterocycles. The Morgan fingerprint density at radius 1 is 1.05 bits per heavy atom. The van der Waals surface area contributed by atoms with E-state index < -0.39 is 0 Å². The SMILES string of the molecule is Fc1ccc(N(C2=NCCN2)c2c(Cl)cccc2Cl)cc1. The molecule has 0 amide bonds. The molecule has 1 heterocycles. The van der Waals surface area contributed by atoms with Gasteiger partial charge in [0, 0.05) is 12.2 Å². The van der Waals surface area contributed by atoms with Crippen LogP contribution >= 0.6 is 23.2 Å². The highest BCUT2D eigenvalue weighted by Crippen LogP contribution is 2.38. The van der Waals surface area contributed by atoms with Gasteiger partial charge in [-0.15, -0.1) is 0 Å². The van der Waals surface area contributed by atoms with Crippen LogP contribution in [0.4, 0.5) is 15.8 Å². The number of aliphatic imine (C=N–C) groups is 1. The van der Waals surface area contributed by atoms with E-state index in [9.17, 15) is 4.39 Å². The second-order valence-corrected chi connectivity index (χ2v) is 5.33. The molecule has 21 heavy (non-hydrogen) atoms. The van der Waals surface area contributed by atoms with Gasteiger partial charge in [-0.05, 0) is 36.4 Å². The maximum atomic E-state index is 13.2. The maximum Gasteiger partial charge on any atom is 0.203 e. The fourth-order valence-electron chi connectivity index (χ4n) is 2.19. The molecule has 6 heteroatoms. The molecule has 0 saturated heterocycles. The molecule has 108 valence electrons. The molecule has 3 nitrogen and oxygen atoms in total. The molecule has 0 radical (unpaired) electrons. The van der Waals surface area contributed by atoms with Crippen molar-refractivity contribution in [2.45, 2.75) is 0 Å². The van der Waals surface area contributed by atoms with Gasteiger partial charge < -0.3 is 5.32 Å². The number of para-hydroxylation sites is 1. The zero-order valence-electron chi connectivity index (χ0n) is 11.0. The predicted molar refractivity (Wildman–Crippen MR) is 85.3 cm³/mol. The summed E-state index contributed by atoms with van der Waals surface area (Å²) in [6, 6.07) is 11.4. The van der Waals surface area contributed by atoms with Crippen LogP contribution < -0.4 is 10.2 Å². The van der Waals surface area contributed by atoms with Crippen molar-refractivity contribution in [3.05, 3.63) is 58.3 Å². The van der Waals surface area contributed by atoms with E-state index in [1.165, 1.54) is 12.1 Å². The van der Waals surface area contributed by atoms with Crippen LogP contribution in [0.25, 0.3) is 0 Å². The lowest BCUT2D eigenvalue weighted by molar-refractivity contribution is 0.628. The van der Waals surface area contributed by atoms with E-state index in [0.29, 0.717) is 28.2 Å². The van der Waals surface area contributed by atoms with Gasteiger partial charge in [0.25, 0.3) is 0 Å². The Kier molecular flexibility index (Phi) is 3.99. The second-order valence-electron chi connectivity index (χ2n) is 4.51. The van der Waals surface area contributed by atoms with Crippen LogP contribution in [0.1, 0.15) is 0 Å². The van der Waals surface area contributed by atoms with Crippen molar-refractivity contribution in [1.29, 1.82) is 0 Å². The van der Waals surface area contributed by atoms with Crippen molar-refractivity contribution in [1.82, 2.24) is 5.32 Å². The zero-order valence-corrected chi connectivity index (χ0v) is 12.5. The van der Waals surface area contributed by atoms with Crippen LogP contribution in [0, 0.1) is 5.82 Å². The Morgan fingerprint density at radius 3 is 2.29 bits per heavy atom. The van der Waals surface area contributed by atoms with E-state index in [-0.39, 0.29) is 5.82 Å². The van der Waals surface area contributed by atoms with Gasteiger partial charge >= 0.3 is 0 Å². The van der Waals surface area contributed by atoms with Crippen LogP contribution in [0.5, 0.6) is 0 Å². The Morgan fingerprint density at radius 2 is 1.71 bits per heavy atom. The van der Waals surface area contributed by atoms with Gasteiger partial charge in [-0.25, -0.2) is 4.39 Å². The van der Waals surface area contributed by atoms with Crippen LogP contribution in [0.3, 0.4) is 0 Å². The molecule has 2 aromatic rings. The summed E-state index contributed by atoms with van der Waals surface area (Å²) >= 11 is 12.6. The number of anilines is 2. The highest BCUT2D eigenvalue weighted by molar-refractivity contribution is 6.40. The lowest BCUT2D eigenvalue weighted by atomic mass is 10.2. The van der Waals surface area contributed by atoms with Crippen molar-refractivity contribution < 1.29 is 4.39 Å². The summed E-state index contributed by atoms with van der Waals surface area (Å²) in [6.45, 7) is 1.42. The van der Waals surface area contributed by atoms with Crippen molar-refractivity contribution in [2.24, 2.45) is 4.99 Å². The van der Waals surface area contributed by atoms with Crippen molar-refractivity contribution >= 4 is 40.5 Å². The first-order valence-electron chi connectivity index (χ1n) is 6.45. The molecule has 2 aromatic carbocycles. The van der Waals surface area contributed by atoms with Crippen molar-refractivity contribution in [3.8, 4) is 0 Å². The zero-order chi connectivity index (χ0) is 14.8. The fourth-order valence-corrected chi connectivity index (χ4v) is 2.75. The van der Waals surface area contributed by atoms with Gasteiger partial charge in [0.2, 0.25) is 5.96 Å². The number of benzene rings is 2. The van der Waals surface area contributed by atoms with Gasteiger partial charge in [-0.2, -0.15) is 0 Å². The first-order chi connectivity index (χ1) is 10.2. The molecular weight excluding hydrogens is 312 g/mol. The highest BCUT2D eigenvalue weighted by Gasteiger charge is 2.23. The molecule has 1 N–H and O–H groups in total. The first-order valence-corrected chi connectivity index (χ1v) is 7.20. The number of halogens is 3. The molecule has 0 bridgehead atoms. The van der Waals surface area contributed by atoms with Gasteiger partial charge in [-0.1, -0.05) is 29.3 Å². The molecule has 0 spiro atoms. The lowest BCUT2D eigenvalue weighted by Gasteiger charge is -2.26. The van der Waals surface area contributed by atoms with Gasteiger partial charge in [-0.3, -0.25) is 9.89 Å². The Labute approximate surface area is 132 Å². The van der Waals surface area contributed by atoms with Gasteiger partial charge in [0.1, 0.15) is 5.82 Å². The van der Waals surface area contributed by atoms with E-state index in [0.717, 1.165) is 12.2 Å². The highest BCUT2D eigenvalue weighted by atomic mass is 35.5. The van der Waals surface area contributed by atoms with Crippen LogP contribution in [-0.4, -0.2) is 19.0 Å². The van der Waals surface area contributed by atoms with Crippen LogP contribution in [0.2, 0.25) is 10.0 Å².